The van der Waals surface area contributed by atoms with Crippen LogP contribution in [0.5, 0.6) is 11.5 Å². The van der Waals surface area contributed by atoms with Gasteiger partial charge < -0.3 is 14.8 Å². The van der Waals surface area contributed by atoms with E-state index in [0.717, 1.165) is 5.69 Å². The molecule has 0 radical (unpaired) electrons. The summed E-state index contributed by atoms with van der Waals surface area (Å²) in [4.78, 5) is 4.18. The lowest BCUT2D eigenvalue weighted by molar-refractivity contribution is 0.348. The topological polar surface area (TPSA) is 43.4 Å². The zero-order chi connectivity index (χ0) is 9.68. The first kappa shape index (κ1) is 9.80. The van der Waals surface area contributed by atoms with E-state index in [2.05, 4.69) is 10.3 Å². The lowest BCUT2D eigenvalue weighted by Gasteiger charge is -2.10. The van der Waals surface area contributed by atoms with Gasteiger partial charge in [0.1, 0.15) is 0 Å². The molecule has 72 valence electrons. The first-order valence-electron chi connectivity index (χ1n) is 4.04. The van der Waals surface area contributed by atoms with Gasteiger partial charge in [-0.3, -0.25) is 4.98 Å². The number of pyridine rings is 1. The molecule has 13 heavy (non-hydrogen) atoms. The third kappa shape index (κ3) is 2.09. The van der Waals surface area contributed by atoms with Gasteiger partial charge in [-0.2, -0.15) is 0 Å². The van der Waals surface area contributed by atoms with Crippen LogP contribution in [0.15, 0.2) is 12.3 Å². The van der Waals surface area contributed by atoms with Crippen molar-refractivity contribution in [1.82, 2.24) is 10.3 Å². The van der Waals surface area contributed by atoms with Crippen molar-refractivity contribution in [2.75, 3.05) is 21.3 Å². The average molecular weight is 182 g/mol. The molecule has 0 bridgehead atoms. The predicted molar refractivity (Wildman–Crippen MR) is 50.1 cm³/mol. The SMILES string of the molecule is CNCc1nccc(OC)c1OC. The molecule has 1 heterocycles. The second-order valence-corrected chi connectivity index (χ2v) is 2.52. The van der Waals surface area contributed by atoms with E-state index in [0.29, 0.717) is 18.0 Å². The smallest absolute Gasteiger partial charge is 0.183 e. The largest absolute Gasteiger partial charge is 0.493 e. The Morgan fingerprint density at radius 3 is 2.69 bits per heavy atom. The fourth-order valence-corrected chi connectivity index (χ4v) is 1.14. The van der Waals surface area contributed by atoms with Crippen molar-refractivity contribution in [1.29, 1.82) is 0 Å². The van der Waals surface area contributed by atoms with Gasteiger partial charge in [0.05, 0.1) is 19.9 Å². The summed E-state index contributed by atoms with van der Waals surface area (Å²) in [6, 6.07) is 1.78. The molecule has 0 aromatic carbocycles. The molecular formula is C9H14N2O2. The highest BCUT2D eigenvalue weighted by molar-refractivity contribution is 5.42. The second-order valence-electron chi connectivity index (χ2n) is 2.52. The Labute approximate surface area is 77.9 Å². The first-order valence-corrected chi connectivity index (χ1v) is 4.04. The van der Waals surface area contributed by atoms with Gasteiger partial charge in [-0.1, -0.05) is 0 Å². The van der Waals surface area contributed by atoms with Gasteiger partial charge >= 0.3 is 0 Å². The van der Waals surface area contributed by atoms with E-state index >= 15 is 0 Å². The molecule has 1 aromatic heterocycles. The van der Waals surface area contributed by atoms with Gasteiger partial charge in [0, 0.05) is 18.8 Å². The Morgan fingerprint density at radius 2 is 2.15 bits per heavy atom. The molecule has 4 nitrogen and oxygen atoms in total. The maximum absolute atomic E-state index is 5.19. The predicted octanol–water partition coefficient (Wildman–Crippen LogP) is 0.818. The molecule has 1 N–H and O–H groups in total. The van der Waals surface area contributed by atoms with E-state index in [1.54, 1.807) is 26.5 Å². The third-order valence-electron chi connectivity index (χ3n) is 1.71. The molecule has 0 unspecified atom stereocenters. The van der Waals surface area contributed by atoms with Crippen LogP contribution in [0.2, 0.25) is 0 Å². The van der Waals surface area contributed by atoms with Crippen LogP contribution in [0.1, 0.15) is 5.69 Å². The zero-order valence-electron chi connectivity index (χ0n) is 8.13. The molecule has 0 saturated carbocycles. The Bertz CT molecular complexity index is 276. The lowest BCUT2D eigenvalue weighted by Crippen LogP contribution is -2.09. The molecule has 0 saturated heterocycles. The Hall–Kier alpha value is -1.29. The third-order valence-corrected chi connectivity index (χ3v) is 1.71. The highest BCUT2D eigenvalue weighted by atomic mass is 16.5. The van der Waals surface area contributed by atoms with Crippen molar-refractivity contribution in [3.63, 3.8) is 0 Å². The van der Waals surface area contributed by atoms with Gasteiger partial charge in [0.15, 0.2) is 11.5 Å². The molecular weight excluding hydrogens is 168 g/mol. The summed E-state index contributed by atoms with van der Waals surface area (Å²) in [6.07, 6.45) is 1.70. The van der Waals surface area contributed by atoms with Gasteiger partial charge in [-0.05, 0) is 7.05 Å². The summed E-state index contributed by atoms with van der Waals surface area (Å²) in [5.41, 5.74) is 0.851. The quantitative estimate of drug-likeness (QED) is 0.748. The van der Waals surface area contributed by atoms with Crippen molar-refractivity contribution in [3.05, 3.63) is 18.0 Å². The van der Waals surface area contributed by atoms with Crippen molar-refractivity contribution >= 4 is 0 Å². The molecule has 1 rings (SSSR count). The van der Waals surface area contributed by atoms with Crippen molar-refractivity contribution in [3.8, 4) is 11.5 Å². The van der Waals surface area contributed by atoms with Crippen LogP contribution in [0.25, 0.3) is 0 Å². The van der Waals surface area contributed by atoms with Gasteiger partial charge in [0.2, 0.25) is 0 Å². The van der Waals surface area contributed by atoms with Gasteiger partial charge in [0.25, 0.3) is 0 Å². The van der Waals surface area contributed by atoms with Crippen LogP contribution in [-0.4, -0.2) is 26.3 Å². The van der Waals surface area contributed by atoms with Crippen molar-refractivity contribution in [2.45, 2.75) is 6.54 Å². The van der Waals surface area contributed by atoms with Crippen molar-refractivity contribution in [2.24, 2.45) is 0 Å². The normalized spacial score (nSPS) is 9.77. The Balaban J connectivity index is 3.03. The number of nitrogens with zero attached hydrogens (tertiary/aromatic N) is 1. The summed E-state index contributed by atoms with van der Waals surface area (Å²) in [5.74, 6) is 1.40. The minimum atomic E-state index is 0.667. The maximum Gasteiger partial charge on any atom is 0.183 e. The number of nitrogens with one attached hydrogen (secondary N) is 1. The summed E-state index contributed by atoms with van der Waals surface area (Å²) in [7, 11) is 5.08. The fourth-order valence-electron chi connectivity index (χ4n) is 1.14. The van der Waals surface area contributed by atoms with Crippen molar-refractivity contribution < 1.29 is 9.47 Å². The van der Waals surface area contributed by atoms with E-state index < -0.39 is 0 Å². The molecule has 4 heteroatoms. The minimum Gasteiger partial charge on any atom is -0.493 e. The number of rotatable bonds is 4. The number of methoxy groups -OCH3 is 2. The number of aromatic nitrogens is 1. The number of hydrogen-bond donors (Lipinski definition) is 1. The summed E-state index contributed by atoms with van der Waals surface area (Å²) in [5, 5.41) is 3.01. The maximum atomic E-state index is 5.19. The average Bonchev–Trinajstić information content (AvgIpc) is 2.18. The van der Waals surface area contributed by atoms with E-state index in [9.17, 15) is 0 Å². The number of hydrogen-bond acceptors (Lipinski definition) is 4. The highest BCUT2D eigenvalue weighted by Crippen LogP contribution is 2.28. The zero-order valence-corrected chi connectivity index (χ0v) is 8.13. The Morgan fingerprint density at radius 1 is 1.38 bits per heavy atom. The van der Waals surface area contributed by atoms with E-state index in [1.165, 1.54) is 0 Å². The molecule has 0 aliphatic carbocycles. The van der Waals surface area contributed by atoms with Crippen LogP contribution in [-0.2, 0) is 6.54 Å². The fraction of sp³-hybridized carbons (Fsp3) is 0.444. The molecule has 0 amide bonds. The molecule has 0 atom stereocenters. The van der Waals surface area contributed by atoms with Gasteiger partial charge in [-0.25, -0.2) is 0 Å². The van der Waals surface area contributed by atoms with E-state index in [4.69, 9.17) is 9.47 Å². The van der Waals surface area contributed by atoms with Crippen LogP contribution in [0.3, 0.4) is 0 Å². The molecule has 0 aliphatic heterocycles. The first-order chi connectivity index (χ1) is 6.33. The molecule has 1 aromatic rings. The minimum absolute atomic E-state index is 0.667. The monoisotopic (exact) mass is 182 g/mol. The van der Waals surface area contributed by atoms with Crippen LogP contribution in [0, 0.1) is 0 Å². The molecule has 0 aliphatic rings. The van der Waals surface area contributed by atoms with Crippen LogP contribution >= 0.6 is 0 Å². The summed E-state index contributed by atoms with van der Waals surface area (Å²) in [6.45, 7) is 0.667. The summed E-state index contributed by atoms with van der Waals surface area (Å²) >= 11 is 0. The standard InChI is InChI=1S/C9H14N2O2/c1-10-6-7-9(13-3)8(12-2)4-5-11-7/h4-5,10H,6H2,1-3H3. The lowest BCUT2D eigenvalue weighted by atomic mass is 10.3. The van der Waals surface area contributed by atoms with Gasteiger partial charge in [-0.15, -0.1) is 0 Å². The summed E-state index contributed by atoms with van der Waals surface area (Å²) < 4.78 is 10.3. The van der Waals surface area contributed by atoms with E-state index in [1.807, 2.05) is 7.05 Å². The second kappa shape index (κ2) is 4.67. The molecule has 0 spiro atoms. The number of ether oxygens (including phenoxy) is 2. The molecule has 0 fully saturated rings. The van der Waals surface area contributed by atoms with Crippen LogP contribution in [0.4, 0.5) is 0 Å². The van der Waals surface area contributed by atoms with Crippen LogP contribution < -0.4 is 14.8 Å². The van der Waals surface area contributed by atoms with E-state index in [-0.39, 0.29) is 0 Å². The highest BCUT2D eigenvalue weighted by Gasteiger charge is 2.09. The Kier molecular flexibility index (Phi) is 3.52.